The highest BCUT2D eigenvalue weighted by Crippen LogP contribution is 2.41. The average Bonchev–Trinajstić information content (AvgIpc) is 3.50. The summed E-state index contributed by atoms with van der Waals surface area (Å²) in [6.45, 7) is 5.80. The third kappa shape index (κ3) is 4.45. The van der Waals surface area contributed by atoms with Crippen LogP contribution in [-0.4, -0.2) is 98.5 Å². The number of sulfone groups is 1. The number of nitrogens with zero attached hydrogens (tertiary/aromatic N) is 6. The number of aromatic nitrogens is 5. The van der Waals surface area contributed by atoms with Gasteiger partial charge >= 0.3 is 0 Å². The van der Waals surface area contributed by atoms with Gasteiger partial charge in [-0.15, -0.1) is 21.5 Å². The molecule has 4 heterocycles. The van der Waals surface area contributed by atoms with Crippen LogP contribution in [0, 0.1) is 0 Å². The number of nitrogens with one attached hydrogen (secondary N) is 1. The van der Waals surface area contributed by atoms with Crippen molar-refractivity contribution in [2.75, 3.05) is 50.8 Å². The Morgan fingerprint density at radius 1 is 1.20 bits per heavy atom. The van der Waals surface area contributed by atoms with E-state index in [1.54, 1.807) is 5.38 Å². The summed E-state index contributed by atoms with van der Waals surface area (Å²) in [5.74, 6) is -0.0919. The van der Waals surface area contributed by atoms with Gasteiger partial charge in [-0.25, -0.2) is 27.0 Å². The van der Waals surface area contributed by atoms with E-state index in [4.69, 9.17) is 9.88 Å². The van der Waals surface area contributed by atoms with E-state index in [9.17, 15) is 16.8 Å². The highest BCUT2D eigenvalue weighted by Gasteiger charge is 2.41. The predicted molar refractivity (Wildman–Crippen MR) is 128 cm³/mol. The van der Waals surface area contributed by atoms with Crippen molar-refractivity contribution >= 4 is 36.3 Å². The van der Waals surface area contributed by atoms with E-state index in [1.165, 1.54) is 23.5 Å². The molecule has 188 valence electrons. The molecule has 0 unspecified atom stereocenters. The number of likely N-dealkylation sites (tertiary alicyclic amines) is 1. The van der Waals surface area contributed by atoms with Crippen LogP contribution in [0.4, 0.5) is 5.13 Å². The monoisotopic (exact) mass is 540 g/mol. The van der Waals surface area contributed by atoms with Gasteiger partial charge in [0.2, 0.25) is 15.8 Å². The fourth-order valence-electron chi connectivity index (χ4n) is 4.22. The van der Waals surface area contributed by atoms with Gasteiger partial charge in [0.1, 0.15) is 4.90 Å². The number of primary sulfonamides is 1. The van der Waals surface area contributed by atoms with Crippen molar-refractivity contribution < 1.29 is 21.6 Å². The van der Waals surface area contributed by atoms with Gasteiger partial charge in [0, 0.05) is 37.1 Å². The Kier molecular flexibility index (Phi) is 6.35. The first-order chi connectivity index (χ1) is 16.7. The number of rotatable bonds is 7. The fourth-order valence-corrected chi connectivity index (χ4v) is 8.42. The molecule has 0 aliphatic carbocycles. The van der Waals surface area contributed by atoms with E-state index in [-0.39, 0.29) is 16.3 Å². The normalized spacial score (nSPS) is 18.1. The first kappa shape index (κ1) is 24.2. The van der Waals surface area contributed by atoms with Crippen LogP contribution in [0.15, 0.2) is 27.3 Å². The standard InChI is InChI=1S/C19H24N8O5S3/c1-2-26-9-12(10-26)34(28,29)15-4-3-13(14-11-33-19(21-14)27-5-7-32-8-6-27)16(17(15)35(20,30)31)18-22-24-25-23-18/h3-4,11-12H,2,5-10H2,1H3,(H2,20,30,31)(H,22,23,24,25). The highest BCUT2D eigenvalue weighted by molar-refractivity contribution is 7.94. The van der Waals surface area contributed by atoms with Crippen molar-refractivity contribution in [3.05, 3.63) is 17.5 Å². The molecule has 0 atom stereocenters. The molecule has 0 saturated carbocycles. The molecule has 13 nitrogen and oxygen atoms in total. The lowest BCUT2D eigenvalue weighted by atomic mass is 10.0. The molecule has 3 aromatic rings. The second kappa shape index (κ2) is 9.18. The van der Waals surface area contributed by atoms with Crippen LogP contribution in [0.3, 0.4) is 0 Å². The molecule has 16 heteroatoms. The Balaban J connectivity index is 1.68. The van der Waals surface area contributed by atoms with Gasteiger partial charge in [-0.3, -0.25) is 0 Å². The zero-order valence-electron chi connectivity index (χ0n) is 18.8. The molecule has 35 heavy (non-hydrogen) atoms. The second-order valence-electron chi connectivity index (χ2n) is 8.23. The molecule has 2 saturated heterocycles. The molecular formula is C19H24N8O5S3. The molecule has 3 N–H and O–H groups in total. The summed E-state index contributed by atoms with van der Waals surface area (Å²) in [5, 5.41) is 21.1. The average molecular weight is 541 g/mol. The lowest BCUT2D eigenvalue weighted by Crippen LogP contribution is -2.54. The molecule has 1 aromatic carbocycles. The van der Waals surface area contributed by atoms with Crippen LogP contribution >= 0.6 is 11.3 Å². The lowest BCUT2D eigenvalue weighted by Gasteiger charge is -2.38. The van der Waals surface area contributed by atoms with Gasteiger partial charge in [-0.1, -0.05) is 13.0 Å². The first-order valence-electron chi connectivity index (χ1n) is 10.9. The van der Waals surface area contributed by atoms with Crippen LogP contribution in [-0.2, 0) is 24.6 Å². The van der Waals surface area contributed by atoms with E-state index in [1.807, 2.05) is 11.8 Å². The minimum Gasteiger partial charge on any atom is -0.378 e. The smallest absolute Gasteiger partial charge is 0.240 e. The SMILES string of the molecule is CCN1CC(S(=O)(=O)c2ccc(-c3csc(N4CCOCC4)n3)c(-c3nn[nH]n3)c2S(N)(=O)=O)C1. The number of morpholine rings is 1. The Morgan fingerprint density at radius 3 is 2.57 bits per heavy atom. The Bertz CT molecular complexity index is 1430. The zero-order chi connectivity index (χ0) is 24.8. The minimum atomic E-state index is -4.52. The number of hydrogen-bond donors (Lipinski definition) is 2. The number of tetrazole rings is 1. The maximum Gasteiger partial charge on any atom is 0.240 e. The Labute approximate surface area is 206 Å². The highest BCUT2D eigenvalue weighted by atomic mass is 32.2. The van der Waals surface area contributed by atoms with Crippen molar-refractivity contribution in [1.29, 1.82) is 0 Å². The number of benzene rings is 1. The zero-order valence-corrected chi connectivity index (χ0v) is 21.2. The van der Waals surface area contributed by atoms with E-state index < -0.39 is 30.0 Å². The number of aromatic amines is 1. The van der Waals surface area contributed by atoms with Crippen LogP contribution < -0.4 is 10.0 Å². The quantitative estimate of drug-likeness (QED) is 0.411. The summed E-state index contributed by atoms with van der Waals surface area (Å²) in [7, 11) is -8.53. The molecule has 2 fully saturated rings. The number of nitrogens with two attached hydrogens (primary N) is 1. The number of H-pyrrole nitrogens is 1. The summed E-state index contributed by atoms with van der Waals surface area (Å²) >= 11 is 1.39. The van der Waals surface area contributed by atoms with Crippen molar-refractivity contribution in [2.24, 2.45) is 5.14 Å². The number of hydrogen-bond acceptors (Lipinski definition) is 12. The van der Waals surface area contributed by atoms with E-state index >= 15 is 0 Å². The van der Waals surface area contributed by atoms with E-state index in [0.29, 0.717) is 57.2 Å². The number of sulfonamides is 1. The van der Waals surface area contributed by atoms with Crippen LogP contribution in [0.5, 0.6) is 0 Å². The van der Waals surface area contributed by atoms with Crippen molar-refractivity contribution in [3.8, 4) is 22.6 Å². The second-order valence-corrected chi connectivity index (χ2v) is 12.8. The molecule has 2 aromatic heterocycles. The molecule has 5 rings (SSSR count). The predicted octanol–water partition coefficient (Wildman–Crippen LogP) is -0.0480. The molecule has 0 bridgehead atoms. The summed E-state index contributed by atoms with van der Waals surface area (Å²) in [6, 6.07) is 2.82. The molecule has 0 radical (unpaired) electrons. The summed E-state index contributed by atoms with van der Waals surface area (Å²) in [6.07, 6.45) is 0. The van der Waals surface area contributed by atoms with Gasteiger partial charge in [0.05, 0.1) is 34.6 Å². The fraction of sp³-hybridized carbons (Fsp3) is 0.474. The number of ether oxygens (including phenoxy) is 1. The minimum absolute atomic E-state index is 0.0483. The third-order valence-electron chi connectivity index (χ3n) is 6.14. The largest absolute Gasteiger partial charge is 0.378 e. The first-order valence-corrected chi connectivity index (χ1v) is 14.9. The van der Waals surface area contributed by atoms with Gasteiger partial charge in [-0.2, -0.15) is 5.21 Å². The van der Waals surface area contributed by atoms with Crippen molar-refractivity contribution in [2.45, 2.75) is 22.0 Å². The third-order valence-corrected chi connectivity index (χ3v) is 10.3. The molecule has 2 aliphatic rings. The van der Waals surface area contributed by atoms with Crippen LogP contribution in [0.2, 0.25) is 0 Å². The van der Waals surface area contributed by atoms with E-state index in [2.05, 4.69) is 30.5 Å². The number of anilines is 1. The lowest BCUT2D eigenvalue weighted by molar-refractivity contribution is 0.122. The van der Waals surface area contributed by atoms with E-state index in [0.717, 1.165) is 5.13 Å². The molecule has 0 amide bonds. The Morgan fingerprint density at radius 2 is 1.94 bits per heavy atom. The summed E-state index contributed by atoms with van der Waals surface area (Å²) in [5.41, 5.74) is 0.743. The maximum atomic E-state index is 13.5. The Hall–Kier alpha value is -2.50. The van der Waals surface area contributed by atoms with Gasteiger partial charge in [0.15, 0.2) is 15.0 Å². The van der Waals surface area contributed by atoms with Crippen molar-refractivity contribution in [1.82, 2.24) is 30.5 Å². The van der Waals surface area contributed by atoms with Crippen LogP contribution in [0.1, 0.15) is 6.92 Å². The number of thiazole rings is 1. The van der Waals surface area contributed by atoms with Gasteiger partial charge in [0.25, 0.3) is 0 Å². The molecule has 2 aliphatic heterocycles. The van der Waals surface area contributed by atoms with Crippen LogP contribution in [0.25, 0.3) is 22.6 Å². The molecule has 0 spiro atoms. The van der Waals surface area contributed by atoms with Crippen molar-refractivity contribution in [3.63, 3.8) is 0 Å². The summed E-state index contributed by atoms with van der Waals surface area (Å²) in [4.78, 5) is 7.79. The topological polar surface area (TPSA) is 177 Å². The van der Waals surface area contributed by atoms with Gasteiger partial charge in [-0.05, 0) is 17.8 Å². The molecular weight excluding hydrogens is 516 g/mol. The maximum absolute atomic E-state index is 13.5. The van der Waals surface area contributed by atoms with Gasteiger partial charge < -0.3 is 14.5 Å². The summed E-state index contributed by atoms with van der Waals surface area (Å²) < 4.78 is 58.1.